The van der Waals surface area contributed by atoms with Gasteiger partial charge in [-0.15, -0.1) is 11.3 Å². The quantitative estimate of drug-likeness (QED) is 0.421. The Balaban J connectivity index is 1.41. The Labute approximate surface area is 229 Å². The summed E-state index contributed by atoms with van der Waals surface area (Å²) in [7, 11) is 3.91. The zero-order valence-corrected chi connectivity index (χ0v) is 22.7. The molecule has 2 aliphatic rings. The molecule has 3 aromatic rings. The smallest absolute Gasteiger partial charge is 0.410 e. The molecule has 3 heterocycles. The molecule has 0 spiro atoms. The summed E-state index contributed by atoms with van der Waals surface area (Å²) < 4.78 is 26.9. The molecule has 0 unspecified atom stereocenters. The zero-order chi connectivity index (χ0) is 26.8. The Bertz CT molecular complexity index is 1330. The van der Waals surface area contributed by atoms with Gasteiger partial charge in [0.2, 0.25) is 0 Å². The van der Waals surface area contributed by atoms with Gasteiger partial charge < -0.3 is 24.6 Å². The lowest BCUT2D eigenvalue weighted by molar-refractivity contribution is 0.0915. The summed E-state index contributed by atoms with van der Waals surface area (Å²) in [5, 5.41) is 4.26. The molecule has 1 N–H and O–H groups in total. The Hall–Kier alpha value is -3.21. The number of carbonyl (C=O) groups is 2. The number of rotatable bonds is 8. The number of cyclic esters (lactones) is 1. The molecule has 2 atom stereocenters. The van der Waals surface area contributed by atoms with Crippen molar-refractivity contribution in [1.29, 1.82) is 0 Å². The number of amides is 2. The first kappa shape index (κ1) is 26.4. The minimum absolute atomic E-state index is 0.0533. The number of carbonyl (C=O) groups excluding carboxylic acids is 2. The van der Waals surface area contributed by atoms with Crippen molar-refractivity contribution in [2.24, 2.45) is 0 Å². The van der Waals surface area contributed by atoms with Crippen LogP contribution in [0.2, 0.25) is 5.02 Å². The number of benzene rings is 2. The molecule has 200 valence electrons. The lowest BCUT2D eigenvalue weighted by Crippen LogP contribution is -2.44. The van der Waals surface area contributed by atoms with E-state index in [1.54, 1.807) is 35.4 Å². The predicted molar refractivity (Wildman–Crippen MR) is 143 cm³/mol. The van der Waals surface area contributed by atoms with Gasteiger partial charge in [-0.05, 0) is 43.9 Å². The van der Waals surface area contributed by atoms with Crippen LogP contribution in [0, 0.1) is 5.82 Å². The second kappa shape index (κ2) is 11.3. The van der Waals surface area contributed by atoms with Crippen molar-refractivity contribution >= 4 is 34.9 Å². The van der Waals surface area contributed by atoms with Crippen molar-refractivity contribution in [3.05, 3.63) is 69.6 Å². The average Bonchev–Trinajstić information content (AvgIpc) is 3.50. The monoisotopic (exact) mass is 558 g/mol. The number of aromatic nitrogens is 1. The highest BCUT2D eigenvalue weighted by Crippen LogP contribution is 2.38. The molecule has 0 saturated carbocycles. The summed E-state index contributed by atoms with van der Waals surface area (Å²) in [4.78, 5) is 33.8. The number of fused-ring (bicyclic) bond motifs is 1. The Morgan fingerprint density at radius 1 is 1.32 bits per heavy atom. The van der Waals surface area contributed by atoms with E-state index in [4.69, 9.17) is 21.1 Å². The minimum Gasteiger partial charge on any atom is -0.490 e. The molecule has 0 radical (unpaired) electrons. The lowest BCUT2D eigenvalue weighted by Gasteiger charge is -2.33. The zero-order valence-electron chi connectivity index (χ0n) is 21.1. The van der Waals surface area contributed by atoms with Gasteiger partial charge in [0.15, 0.2) is 0 Å². The fraction of sp³-hybridized carbons (Fsp3) is 0.370. The molecule has 11 heteroatoms. The maximum atomic E-state index is 15.3. The highest BCUT2D eigenvalue weighted by molar-refractivity contribution is 7.15. The molecule has 0 aliphatic carbocycles. The third-order valence-corrected chi connectivity index (χ3v) is 7.81. The standard InChI is InChI=1S/C27H28ClFN4O4S/c1-32(2)14-25-30-13-24(38-25)21-10-22(29)20(26(34)31-12-16-3-5-17(28)6-4-16)11-23(21)37-19-7-8-33-18(9-19)15-36-27(33)35/h3-6,10-11,13,18-19H,7-9,12,14-15H2,1-2H3,(H,31,34)/t18-,19-/m0/s1. The van der Waals surface area contributed by atoms with E-state index >= 15 is 4.39 Å². The number of ether oxygens (including phenoxy) is 2. The highest BCUT2D eigenvalue weighted by Gasteiger charge is 2.39. The molecule has 2 aromatic carbocycles. The van der Waals surface area contributed by atoms with E-state index in [1.807, 2.05) is 19.0 Å². The van der Waals surface area contributed by atoms with Crippen LogP contribution in [0.1, 0.15) is 33.8 Å². The Morgan fingerprint density at radius 2 is 2.11 bits per heavy atom. The SMILES string of the molecule is CN(C)Cc1ncc(-c2cc(F)c(C(=O)NCc3ccc(Cl)cc3)cc2O[C@H]2CCN3C(=O)OC[C@@H]3C2)s1. The van der Waals surface area contributed by atoms with Crippen LogP contribution in [0.5, 0.6) is 5.75 Å². The first-order chi connectivity index (χ1) is 18.3. The van der Waals surface area contributed by atoms with Crippen LogP contribution in [-0.4, -0.2) is 66.2 Å². The summed E-state index contributed by atoms with van der Waals surface area (Å²) >= 11 is 7.39. The number of nitrogens with one attached hydrogen (secondary N) is 1. The number of hydrogen-bond donors (Lipinski definition) is 1. The van der Waals surface area contributed by atoms with Gasteiger partial charge in [0, 0.05) is 49.3 Å². The first-order valence-electron chi connectivity index (χ1n) is 12.3. The summed E-state index contributed by atoms with van der Waals surface area (Å²) in [5.41, 5.74) is 1.28. The van der Waals surface area contributed by atoms with Gasteiger partial charge >= 0.3 is 6.09 Å². The molecule has 38 heavy (non-hydrogen) atoms. The van der Waals surface area contributed by atoms with Gasteiger partial charge in [-0.2, -0.15) is 0 Å². The highest BCUT2D eigenvalue weighted by atomic mass is 35.5. The summed E-state index contributed by atoms with van der Waals surface area (Å²) in [6.07, 6.45) is 2.39. The van der Waals surface area contributed by atoms with Crippen LogP contribution in [0.15, 0.2) is 42.6 Å². The largest absolute Gasteiger partial charge is 0.490 e. The van der Waals surface area contributed by atoms with E-state index in [9.17, 15) is 9.59 Å². The number of piperidine rings is 1. The van der Waals surface area contributed by atoms with Crippen molar-refractivity contribution in [2.75, 3.05) is 27.2 Å². The Kier molecular flexibility index (Phi) is 7.83. The predicted octanol–water partition coefficient (Wildman–Crippen LogP) is 4.96. The van der Waals surface area contributed by atoms with Crippen LogP contribution < -0.4 is 10.1 Å². The maximum absolute atomic E-state index is 15.3. The van der Waals surface area contributed by atoms with Crippen molar-refractivity contribution < 1.29 is 23.5 Å². The third-order valence-electron chi connectivity index (χ3n) is 6.55. The maximum Gasteiger partial charge on any atom is 0.410 e. The molecule has 1 aromatic heterocycles. The summed E-state index contributed by atoms with van der Waals surface area (Å²) in [6, 6.07) is 9.83. The van der Waals surface area contributed by atoms with Crippen molar-refractivity contribution in [2.45, 2.75) is 38.1 Å². The van der Waals surface area contributed by atoms with Crippen LogP contribution in [0.25, 0.3) is 10.4 Å². The number of halogens is 2. The second-order valence-corrected chi connectivity index (χ2v) is 11.2. The fourth-order valence-electron chi connectivity index (χ4n) is 4.63. The van der Waals surface area contributed by atoms with Crippen molar-refractivity contribution in [1.82, 2.24) is 20.1 Å². The molecule has 2 fully saturated rings. The molecule has 5 rings (SSSR count). The van der Waals surface area contributed by atoms with E-state index < -0.39 is 11.7 Å². The number of thiazole rings is 1. The van der Waals surface area contributed by atoms with Crippen molar-refractivity contribution in [3.8, 4) is 16.2 Å². The van der Waals surface area contributed by atoms with E-state index in [2.05, 4.69) is 10.3 Å². The molecule has 8 nitrogen and oxygen atoms in total. The first-order valence-corrected chi connectivity index (χ1v) is 13.5. The second-order valence-electron chi connectivity index (χ2n) is 9.68. The van der Waals surface area contributed by atoms with Gasteiger partial charge in [-0.1, -0.05) is 23.7 Å². The Morgan fingerprint density at radius 3 is 2.87 bits per heavy atom. The average molecular weight is 559 g/mol. The van der Waals surface area contributed by atoms with Gasteiger partial charge in [0.05, 0.1) is 16.5 Å². The topological polar surface area (TPSA) is 84.0 Å². The van der Waals surface area contributed by atoms with E-state index in [0.717, 1.165) is 15.4 Å². The van der Waals surface area contributed by atoms with Gasteiger partial charge in [0.1, 0.15) is 29.3 Å². The summed E-state index contributed by atoms with van der Waals surface area (Å²) in [5.74, 6) is -0.782. The molecule has 0 bridgehead atoms. The molecule has 2 saturated heterocycles. The minimum atomic E-state index is -0.645. The molecule has 2 amide bonds. The molecular weight excluding hydrogens is 531 g/mol. The third kappa shape index (κ3) is 5.92. The van der Waals surface area contributed by atoms with Crippen LogP contribution >= 0.6 is 22.9 Å². The normalized spacial score (nSPS) is 18.9. The van der Waals surface area contributed by atoms with Crippen molar-refractivity contribution in [3.63, 3.8) is 0 Å². The van der Waals surface area contributed by atoms with E-state index in [-0.39, 0.29) is 30.3 Å². The number of hydrogen-bond acceptors (Lipinski definition) is 7. The molecular formula is C27H28ClFN4O4S. The summed E-state index contributed by atoms with van der Waals surface area (Å²) in [6.45, 7) is 1.73. The van der Waals surface area contributed by atoms with Crippen LogP contribution in [0.4, 0.5) is 9.18 Å². The number of nitrogens with zero attached hydrogens (tertiary/aromatic N) is 3. The lowest BCUT2D eigenvalue weighted by atomic mass is 10.0. The van der Waals surface area contributed by atoms with E-state index in [0.29, 0.717) is 48.9 Å². The van der Waals surface area contributed by atoms with Crippen LogP contribution in [0.3, 0.4) is 0 Å². The van der Waals surface area contributed by atoms with Gasteiger partial charge in [-0.3, -0.25) is 4.79 Å². The van der Waals surface area contributed by atoms with E-state index in [1.165, 1.54) is 23.5 Å². The van der Waals surface area contributed by atoms with Gasteiger partial charge in [0.25, 0.3) is 5.91 Å². The van der Waals surface area contributed by atoms with Crippen LogP contribution in [-0.2, 0) is 17.8 Å². The fourth-order valence-corrected chi connectivity index (χ4v) is 5.81. The van der Waals surface area contributed by atoms with Gasteiger partial charge in [-0.25, -0.2) is 14.2 Å². The molecule has 2 aliphatic heterocycles.